The molecule has 1 aliphatic carbocycles. The summed E-state index contributed by atoms with van der Waals surface area (Å²) in [6, 6.07) is 11.3. The van der Waals surface area contributed by atoms with Crippen molar-refractivity contribution in [1.29, 1.82) is 0 Å². The van der Waals surface area contributed by atoms with Gasteiger partial charge in [-0.15, -0.1) is 5.10 Å². The number of nitrogens with zero attached hydrogens (tertiary/aromatic N) is 3. The van der Waals surface area contributed by atoms with Crippen molar-refractivity contribution in [2.75, 3.05) is 6.54 Å². The Balaban J connectivity index is 1.45. The lowest BCUT2D eigenvalue weighted by molar-refractivity contribution is 0.0951. The topological polar surface area (TPSA) is 83.6 Å². The van der Waals surface area contributed by atoms with Crippen LogP contribution in [0.15, 0.2) is 36.4 Å². The first-order valence-corrected chi connectivity index (χ1v) is 8.86. The zero-order valence-electron chi connectivity index (χ0n) is 14.0. The Morgan fingerprint density at radius 2 is 2.08 bits per heavy atom. The van der Waals surface area contributed by atoms with E-state index in [0.717, 1.165) is 35.7 Å². The Hall–Kier alpha value is -2.76. The number of fused-ring (bicyclic) bond motifs is 1. The first kappa shape index (κ1) is 15.7. The molecule has 6 heteroatoms. The summed E-state index contributed by atoms with van der Waals surface area (Å²) >= 11 is 0. The summed E-state index contributed by atoms with van der Waals surface area (Å²) in [5.41, 5.74) is 3.72. The van der Waals surface area contributed by atoms with E-state index in [4.69, 9.17) is 0 Å². The van der Waals surface area contributed by atoms with E-state index in [1.807, 2.05) is 36.4 Å². The van der Waals surface area contributed by atoms with E-state index >= 15 is 0 Å². The molecular weight excluding hydrogens is 314 g/mol. The number of H-pyrrole nitrogens is 1. The summed E-state index contributed by atoms with van der Waals surface area (Å²) in [6.45, 7) is 0.748. The van der Waals surface area contributed by atoms with E-state index in [-0.39, 0.29) is 5.91 Å². The normalized spacial score (nSPS) is 14.9. The minimum Gasteiger partial charge on any atom is -0.352 e. The highest BCUT2D eigenvalue weighted by atomic mass is 16.1. The Morgan fingerprint density at radius 1 is 1.20 bits per heavy atom. The summed E-state index contributed by atoms with van der Waals surface area (Å²) in [7, 11) is 0. The molecule has 2 heterocycles. The van der Waals surface area contributed by atoms with Gasteiger partial charge in [-0.05, 0) is 36.6 Å². The molecule has 1 fully saturated rings. The number of amides is 1. The zero-order chi connectivity index (χ0) is 17.1. The van der Waals surface area contributed by atoms with Gasteiger partial charge in [0.25, 0.3) is 5.91 Å². The molecule has 0 radical (unpaired) electrons. The van der Waals surface area contributed by atoms with E-state index in [9.17, 15) is 4.79 Å². The second-order valence-corrected chi connectivity index (χ2v) is 6.65. The fraction of sp³-hybridized carbons (Fsp3) is 0.368. The molecule has 0 unspecified atom stereocenters. The molecule has 2 N–H and O–H groups in total. The van der Waals surface area contributed by atoms with Crippen molar-refractivity contribution in [3.05, 3.63) is 42.0 Å². The number of nitrogens with one attached hydrogen (secondary N) is 2. The van der Waals surface area contributed by atoms with Gasteiger partial charge in [0.1, 0.15) is 5.52 Å². The van der Waals surface area contributed by atoms with Crippen LogP contribution in [0.3, 0.4) is 0 Å². The SMILES string of the molecule is O=C(NCCC1CCCC1)c1cccc(-c2ccc3nn[nH]c3n2)c1. The van der Waals surface area contributed by atoms with Crippen molar-refractivity contribution in [2.45, 2.75) is 32.1 Å². The van der Waals surface area contributed by atoms with Crippen molar-refractivity contribution >= 4 is 17.1 Å². The number of carbonyl (C=O) groups excluding carboxylic acids is 1. The van der Waals surface area contributed by atoms with Gasteiger partial charge < -0.3 is 5.32 Å². The smallest absolute Gasteiger partial charge is 0.251 e. The minimum atomic E-state index is -0.0240. The van der Waals surface area contributed by atoms with Crippen molar-refractivity contribution in [2.24, 2.45) is 5.92 Å². The molecule has 25 heavy (non-hydrogen) atoms. The summed E-state index contributed by atoms with van der Waals surface area (Å²) in [4.78, 5) is 16.9. The number of aromatic amines is 1. The monoisotopic (exact) mass is 335 g/mol. The molecule has 3 aromatic rings. The van der Waals surface area contributed by atoms with Crippen LogP contribution in [0.2, 0.25) is 0 Å². The molecule has 4 rings (SSSR count). The van der Waals surface area contributed by atoms with Crippen LogP contribution in [-0.4, -0.2) is 32.8 Å². The Labute approximate surface area is 146 Å². The molecule has 0 aliphatic heterocycles. The van der Waals surface area contributed by atoms with Gasteiger partial charge in [0.15, 0.2) is 5.65 Å². The average Bonchev–Trinajstić information content (AvgIpc) is 3.32. The molecule has 0 spiro atoms. The fourth-order valence-corrected chi connectivity index (χ4v) is 3.51. The highest BCUT2D eigenvalue weighted by Crippen LogP contribution is 2.27. The third kappa shape index (κ3) is 3.52. The summed E-state index contributed by atoms with van der Waals surface area (Å²) in [5.74, 6) is 0.759. The summed E-state index contributed by atoms with van der Waals surface area (Å²) in [6.07, 6.45) is 6.37. The van der Waals surface area contributed by atoms with Gasteiger partial charge in [0.2, 0.25) is 0 Å². The highest BCUT2D eigenvalue weighted by molar-refractivity contribution is 5.95. The summed E-state index contributed by atoms with van der Waals surface area (Å²) < 4.78 is 0. The van der Waals surface area contributed by atoms with E-state index in [0.29, 0.717) is 11.2 Å². The number of benzene rings is 1. The molecule has 6 nitrogen and oxygen atoms in total. The molecule has 1 amide bonds. The molecule has 0 atom stereocenters. The Bertz CT molecular complexity index is 882. The third-order valence-electron chi connectivity index (χ3n) is 4.92. The molecule has 2 aromatic heterocycles. The Kier molecular flexibility index (Phi) is 4.41. The average molecular weight is 335 g/mol. The minimum absolute atomic E-state index is 0.0240. The molecule has 0 bridgehead atoms. The van der Waals surface area contributed by atoms with E-state index < -0.39 is 0 Å². The van der Waals surface area contributed by atoms with Crippen LogP contribution in [0, 0.1) is 5.92 Å². The quantitative estimate of drug-likeness (QED) is 0.749. The van der Waals surface area contributed by atoms with Crippen molar-refractivity contribution in [3.8, 4) is 11.3 Å². The van der Waals surface area contributed by atoms with Gasteiger partial charge in [-0.2, -0.15) is 0 Å². The molecular formula is C19H21N5O. The first-order valence-electron chi connectivity index (χ1n) is 8.86. The van der Waals surface area contributed by atoms with Crippen LogP contribution in [0.1, 0.15) is 42.5 Å². The molecule has 1 saturated carbocycles. The maximum atomic E-state index is 12.4. The molecule has 0 saturated heterocycles. The molecule has 1 aromatic carbocycles. The van der Waals surface area contributed by atoms with Crippen LogP contribution in [-0.2, 0) is 0 Å². The highest BCUT2D eigenvalue weighted by Gasteiger charge is 2.15. The number of hydrogen-bond acceptors (Lipinski definition) is 4. The van der Waals surface area contributed by atoms with Crippen molar-refractivity contribution in [1.82, 2.24) is 25.7 Å². The van der Waals surface area contributed by atoms with Crippen LogP contribution < -0.4 is 5.32 Å². The fourth-order valence-electron chi connectivity index (χ4n) is 3.51. The lowest BCUT2D eigenvalue weighted by Crippen LogP contribution is -2.25. The van der Waals surface area contributed by atoms with Gasteiger partial charge in [-0.1, -0.05) is 43.0 Å². The Morgan fingerprint density at radius 3 is 2.96 bits per heavy atom. The van der Waals surface area contributed by atoms with Gasteiger partial charge in [-0.3, -0.25) is 4.79 Å². The van der Waals surface area contributed by atoms with Crippen LogP contribution >= 0.6 is 0 Å². The van der Waals surface area contributed by atoms with Gasteiger partial charge in [0.05, 0.1) is 5.69 Å². The summed E-state index contributed by atoms with van der Waals surface area (Å²) in [5, 5.41) is 13.5. The maximum Gasteiger partial charge on any atom is 0.251 e. The standard InChI is InChI=1S/C19H21N5O/c25-19(20-11-10-13-4-1-2-5-13)15-7-3-6-14(12-15)16-8-9-17-18(21-16)23-24-22-17/h3,6-9,12-13H,1-2,4-5,10-11H2,(H,20,25)(H,21,22,23,24). The van der Waals surface area contributed by atoms with Gasteiger partial charge in [0, 0.05) is 17.7 Å². The second kappa shape index (κ2) is 7.01. The van der Waals surface area contributed by atoms with E-state index in [1.54, 1.807) is 0 Å². The predicted octanol–water partition coefficient (Wildman–Crippen LogP) is 3.33. The number of rotatable bonds is 5. The van der Waals surface area contributed by atoms with Gasteiger partial charge >= 0.3 is 0 Å². The predicted molar refractivity (Wildman–Crippen MR) is 96.0 cm³/mol. The van der Waals surface area contributed by atoms with Crippen LogP contribution in [0.5, 0.6) is 0 Å². The van der Waals surface area contributed by atoms with Gasteiger partial charge in [-0.25, -0.2) is 10.1 Å². The van der Waals surface area contributed by atoms with Crippen molar-refractivity contribution in [3.63, 3.8) is 0 Å². The van der Waals surface area contributed by atoms with Crippen molar-refractivity contribution < 1.29 is 4.79 Å². The molecule has 1 aliphatic rings. The maximum absolute atomic E-state index is 12.4. The number of carbonyl (C=O) groups is 1. The number of aromatic nitrogens is 4. The number of pyridine rings is 1. The van der Waals surface area contributed by atoms with Crippen LogP contribution in [0.25, 0.3) is 22.4 Å². The zero-order valence-corrected chi connectivity index (χ0v) is 14.0. The second-order valence-electron chi connectivity index (χ2n) is 6.65. The van der Waals surface area contributed by atoms with Crippen LogP contribution in [0.4, 0.5) is 0 Å². The lowest BCUT2D eigenvalue weighted by atomic mass is 10.0. The van der Waals surface area contributed by atoms with E-state index in [2.05, 4.69) is 25.7 Å². The third-order valence-corrected chi connectivity index (χ3v) is 4.92. The number of hydrogen-bond donors (Lipinski definition) is 2. The lowest BCUT2D eigenvalue weighted by Gasteiger charge is -2.10. The van der Waals surface area contributed by atoms with E-state index in [1.165, 1.54) is 25.7 Å². The molecule has 128 valence electrons. The largest absolute Gasteiger partial charge is 0.352 e. The first-order chi connectivity index (χ1) is 12.3.